The molecular weight excluding hydrogens is 436 g/mol. The van der Waals surface area contributed by atoms with Crippen molar-refractivity contribution in [3.63, 3.8) is 0 Å². The average Bonchev–Trinajstić information content (AvgIpc) is 3.45. The number of H-pyrrole nitrogens is 1. The number of aromatic nitrogens is 2. The van der Waals surface area contributed by atoms with E-state index in [-0.39, 0.29) is 36.5 Å². The topological polar surface area (TPSA) is 126 Å². The maximum absolute atomic E-state index is 12.4. The number of nitrogens with zero attached hydrogens (tertiary/aromatic N) is 1. The number of aromatic amines is 1. The normalized spacial score (nSPS) is 26.6. The number of hydrogen-bond donors (Lipinski definition) is 4. The molecule has 2 saturated carbocycles. The van der Waals surface area contributed by atoms with Gasteiger partial charge in [0.05, 0.1) is 19.1 Å². The first-order chi connectivity index (χ1) is 16.3. The minimum Gasteiger partial charge on any atom is -0.497 e. The van der Waals surface area contributed by atoms with Gasteiger partial charge in [-0.15, -0.1) is 0 Å². The summed E-state index contributed by atoms with van der Waals surface area (Å²) < 4.78 is 10.8. The van der Waals surface area contributed by atoms with E-state index in [4.69, 9.17) is 9.47 Å². The van der Waals surface area contributed by atoms with Crippen molar-refractivity contribution in [1.29, 1.82) is 0 Å². The van der Waals surface area contributed by atoms with Gasteiger partial charge < -0.3 is 25.2 Å². The Hall–Kier alpha value is -3.07. The fourth-order valence-corrected chi connectivity index (χ4v) is 4.79. The van der Waals surface area contributed by atoms with Crippen molar-refractivity contribution in [1.82, 2.24) is 15.5 Å². The summed E-state index contributed by atoms with van der Waals surface area (Å²) in [5.74, 6) is 1.29. The van der Waals surface area contributed by atoms with Crippen molar-refractivity contribution in [2.24, 2.45) is 0 Å². The SMILES string of the molecule is COc1ccc(CC(=O)Nc2cc([C@@H]3CC[C@H](OC(=O)N[C@H]4CC[C@](C)(O)CC4)C3)[nH]n2)cc1. The van der Waals surface area contributed by atoms with Crippen LogP contribution in [0, 0.1) is 0 Å². The molecule has 9 heteroatoms. The van der Waals surface area contributed by atoms with Crippen LogP contribution in [0.1, 0.15) is 69.0 Å². The van der Waals surface area contributed by atoms with Crippen LogP contribution in [0.15, 0.2) is 30.3 Å². The monoisotopic (exact) mass is 470 g/mol. The summed E-state index contributed by atoms with van der Waals surface area (Å²) in [5, 5.41) is 23.1. The molecule has 2 amide bonds. The summed E-state index contributed by atoms with van der Waals surface area (Å²) >= 11 is 0. The van der Waals surface area contributed by atoms with Crippen LogP contribution in [0.5, 0.6) is 5.75 Å². The van der Waals surface area contributed by atoms with Crippen LogP contribution in [0.3, 0.4) is 0 Å². The second-order valence-corrected chi connectivity index (χ2v) is 9.73. The molecule has 0 spiro atoms. The Morgan fingerprint density at radius 3 is 2.62 bits per heavy atom. The highest BCUT2D eigenvalue weighted by Gasteiger charge is 2.32. The summed E-state index contributed by atoms with van der Waals surface area (Å²) in [6.45, 7) is 1.84. The van der Waals surface area contributed by atoms with Crippen LogP contribution < -0.4 is 15.4 Å². The first-order valence-electron chi connectivity index (χ1n) is 12.0. The molecule has 0 unspecified atom stereocenters. The third-order valence-corrected chi connectivity index (χ3v) is 6.87. The quantitative estimate of drug-likeness (QED) is 0.489. The highest BCUT2D eigenvalue weighted by Crippen LogP contribution is 2.36. The van der Waals surface area contributed by atoms with E-state index >= 15 is 0 Å². The van der Waals surface area contributed by atoms with E-state index in [1.54, 1.807) is 7.11 Å². The molecule has 0 aliphatic heterocycles. The van der Waals surface area contributed by atoms with Gasteiger partial charge in [0.15, 0.2) is 5.82 Å². The largest absolute Gasteiger partial charge is 0.497 e. The van der Waals surface area contributed by atoms with Gasteiger partial charge in [0.25, 0.3) is 0 Å². The number of benzene rings is 1. The number of methoxy groups -OCH3 is 1. The number of amides is 2. The number of hydrogen-bond acceptors (Lipinski definition) is 6. The zero-order chi connectivity index (χ0) is 24.1. The lowest BCUT2D eigenvalue weighted by Gasteiger charge is -2.33. The summed E-state index contributed by atoms with van der Waals surface area (Å²) in [6.07, 6.45) is 4.99. The number of carbonyl (C=O) groups is 2. The molecule has 1 aromatic carbocycles. The zero-order valence-electron chi connectivity index (χ0n) is 19.8. The number of alkyl carbamates (subject to hydrolysis) is 1. The molecular formula is C25H34N4O5. The van der Waals surface area contributed by atoms with Crippen LogP contribution in [-0.4, -0.2) is 52.2 Å². The van der Waals surface area contributed by atoms with E-state index in [9.17, 15) is 14.7 Å². The minimum absolute atomic E-state index is 0.0571. The highest BCUT2D eigenvalue weighted by molar-refractivity contribution is 5.91. The fraction of sp³-hybridized carbons (Fsp3) is 0.560. The lowest BCUT2D eigenvalue weighted by Crippen LogP contribution is -2.43. The molecule has 0 radical (unpaired) electrons. The maximum atomic E-state index is 12.4. The summed E-state index contributed by atoms with van der Waals surface area (Å²) in [6, 6.07) is 9.29. The van der Waals surface area contributed by atoms with Crippen molar-refractivity contribution >= 4 is 17.8 Å². The molecule has 1 aromatic heterocycles. The Bertz CT molecular complexity index is 977. The molecule has 184 valence electrons. The molecule has 2 aliphatic carbocycles. The highest BCUT2D eigenvalue weighted by atomic mass is 16.6. The Morgan fingerprint density at radius 2 is 1.91 bits per heavy atom. The first-order valence-corrected chi connectivity index (χ1v) is 12.0. The average molecular weight is 471 g/mol. The number of anilines is 1. The van der Waals surface area contributed by atoms with Crippen LogP contribution in [0.2, 0.25) is 0 Å². The van der Waals surface area contributed by atoms with Gasteiger partial charge in [0.1, 0.15) is 11.9 Å². The molecule has 2 aliphatic rings. The van der Waals surface area contributed by atoms with Crippen molar-refractivity contribution in [3.05, 3.63) is 41.6 Å². The van der Waals surface area contributed by atoms with Gasteiger partial charge >= 0.3 is 6.09 Å². The molecule has 0 bridgehead atoms. The van der Waals surface area contributed by atoms with Gasteiger partial charge in [-0.2, -0.15) is 5.10 Å². The van der Waals surface area contributed by atoms with Crippen molar-refractivity contribution in [2.75, 3.05) is 12.4 Å². The number of ether oxygens (including phenoxy) is 2. The van der Waals surface area contributed by atoms with Gasteiger partial charge in [-0.3, -0.25) is 9.89 Å². The lowest BCUT2D eigenvalue weighted by molar-refractivity contribution is -0.115. The van der Waals surface area contributed by atoms with E-state index in [1.165, 1.54) is 0 Å². The first kappa shape index (κ1) is 24.1. The molecule has 2 fully saturated rings. The van der Waals surface area contributed by atoms with Gasteiger partial charge in [-0.25, -0.2) is 4.79 Å². The van der Waals surface area contributed by atoms with E-state index in [0.29, 0.717) is 25.1 Å². The van der Waals surface area contributed by atoms with Crippen molar-refractivity contribution < 1.29 is 24.2 Å². The molecule has 4 N–H and O–H groups in total. The molecule has 2 aromatic rings. The van der Waals surface area contributed by atoms with Crippen LogP contribution in [0.4, 0.5) is 10.6 Å². The van der Waals surface area contributed by atoms with Gasteiger partial charge in [0, 0.05) is 23.7 Å². The smallest absolute Gasteiger partial charge is 0.407 e. The third kappa shape index (κ3) is 6.50. The van der Waals surface area contributed by atoms with Gasteiger partial charge in [-0.05, 0) is 69.6 Å². The third-order valence-electron chi connectivity index (χ3n) is 6.87. The molecule has 0 saturated heterocycles. The number of aliphatic hydroxyl groups is 1. The molecule has 2 atom stereocenters. The van der Waals surface area contributed by atoms with Crippen LogP contribution in [0.25, 0.3) is 0 Å². The van der Waals surface area contributed by atoms with Crippen LogP contribution >= 0.6 is 0 Å². The molecule has 34 heavy (non-hydrogen) atoms. The maximum Gasteiger partial charge on any atom is 0.407 e. The minimum atomic E-state index is -0.626. The van der Waals surface area contributed by atoms with Crippen molar-refractivity contribution in [2.45, 2.75) is 82.0 Å². The Morgan fingerprint density at radius 1 is 1.18 bits per heavy atom. The number of carbonyl (C=O) groups excluding carboxylic acids is 2. The predicted octanol–water partition coefficient (Wildman–Crippen LogP) is 3.66. The summed E-state index contributed by atoms with van der Waals surface area (Å²) in [5.41, 5.74) is 1.20. The van der Waals surface area contributed by atoms with Crippen LogP contribution in [-0.2, 0) is 16.0 Å². The summed E-state index contributed by atoms with van der Waals surface area (Å²) in [4.78, 5) is 24.7. The number of nitrogens with one attached hydrogen (secondary N) is 3. The standard InChI is InChI=1S/C25H34N4O5/c1-25(32)11-9-18(10-12-25)26-24(31)34-20-8-5-17(14-20)21-15-22(29-28-21)27-23(30)13-16-3-6-19(33-2)7-4-16/h3-4,6-7,15,17-18,20,32H,5,8-14H2,1-2H3,(H,26,31)(H2,27,28,29,30)/t17-,18-,20+,25-/m1/s1. The fourth-order valence-electron chi connectivity index (χ4n) is 4.79. The van der Waals surface area contributed by atoms with Gasteiger partial charge in [-0.1, -0.05) is 12.1 Å². The van der Waals surface area contributed by atoms with Gasteiger partial charge in [0.2, 0.25) is 5.91 Å². The van der Waals surface area contributed by atoms with E-state index in [0.717, 1.165) is 42.7 Å². The summed E-state index contributed by atoms with van der Waals surface area (Å²) in [7, 11) is 1.61. The van der Waals surface area contributed by atoms with Crippen molar-refractivity contribution in [3.8, 4) is 5.75 Å². The second-order valence-electron chi connectivity index (χ2n) is 9.73. The lowest BCUT2D eigenvalue weighted by atomic mass is 9.84. The van der Waals surface area contributed by atoms with E-state index < -0.39 is 5.60 Å². The van der Waals surface area contributed by atoms with E-state index in [2.05, 4.69) is 20.8 Å². The molecule has 1 heterocycles. The molecule has 9 nitrogen and oxygen atoms in total. The Labute approximate surface area is 199 Å². The number of rotatable bonds is 7. The Kier molecular flexibility index (Phi) is 7.41. The zero-order valence-corrected chi connectivity index (χ0v) is 19.8. The van der Waals surface area contributed by atoms with E-state index in [1.807, 2.05) is 37.3 Å². The predicted molar refractivity (Wildman–Crippen MR) is 127 cm³/mol. The Balaban J connectivity index is 1.21. The second kappa shape index (κ2) is 10.5. The molecule has 4 rings (SSSR count).